The summed E-state index contributed by atoms with van der Waals surface area (Å²) in [5.41, 5.74) is 4.75. The fourth-order valence-electron chi connectivity index (χ4n) is 3.43. The van der Waals surface area contributed by atoms with E-state index in [4.69, 9.17) is 5.73 Å². The largest absolute Gasteiger partial charge is 0.434 e. The highest BCUT2D eigenvalue weighted by Gasteiger charge is 2.34. The van der Waals surface area contributed by atoms with Gasteiger partial charge in [0, 0.05) is 30.1 Å². The van der Waals surface area contributed by atoms with Crippen molar-refractivity contribution in [3.8, 4) is 0 Å². The van der Waals surface area contributed by atoms with Crippen LogP contribution in [0.2, 0.25) is 0 Å². The summed E-state index contributed by atoms with van der Waals surface area (Å²) in [6, 6.07) is 4.35. The van der Waals surface area contributed by atoms with Crippen molar-refractivity contribution in [3.63, 3.8) is 0 Å². The molecular weight excluding hydrogens is 434 g/mol. The summed E-state index contributed by atoms with van der Waals surface area (Å²) in [5.74, 6) is -0.169. The van der Waals surface area contributed by atoms with E-state index in [2.05, 4.69) is 15.0 Å². The molecule has 11 heteroatoms. The van der Waals surface area contributed by atoms with E-state index in [0.29, 0.717) is 28.5 Å². The lowest BCUT2D eigenvalue weighted by Gasteiger charge is -2.30. The van der Waals surface area contributed by atoms with Crippen LogP contribution in [0.4, 0.5) is 17.6 Å². The maximum absolute atomic E-state index is 14.5. The molecule has 1 aliphatic heterocycles. The summed E-state index contributed by atoms with van der Waals surface area (Å²) < 4.78 is 54.2. The Morgan fingerprint density at radius 3 is 2.81 bits per heavy atom. The highest BCUT2D eigenvalue weighted by atomic mass is 32.2. The predicted molar refractivity (Wildman–Crippen MR) is 108 cm³/mol. The van der Waals surface area contributed by atoms with Gasteiger partial charge in [-0.3, -0.25) is 9.79 Å². The number of hydrogen-bond donors (Lipinski definition) is 1. The molecule has 0 radical (unpaired) electrons. The third kappa shape index (κ3) is 4.27. The van der Waals surface area contributed by atoms with Crippen LogP contribution in [-0.4, -0.2) is 31.1 Å². The maximum atomic E-state index is 14.5. The SMILES string of the molecule is C[C@@]1(c2cc(CC(=O)c3cn4cc(C(F)(F)F)nc4cn3)ccc2F)CCSC(N)=N1. The van der Waals surface area contributed by atoms with Crippen molar-refractivity contribution < 1.29 is 22.4 Å². The number of nitrogens with two attached hydrogens (primary N) is 1. The van der Waals surface area contributed by atoms with Gasteiger partial charge in [-0.05, 0) is 31.0 Å². The van der Waals surface area contributed by atoms with Crippen LogP contribution >= 0.6 is 11.8 Å². The minimum Gasteiger partial charge on any atom is -0.379 e. The first-order valence-electron chi connectivity index (χ1n) is 9.27. The summed E-state index contributed by atoms with van der Waals surface area (Å²) in [5, 5.41) is 0.380. The van der Waals surface area contributed by atoms with Crippen LogP contribution in [-0.2, 0) is 18.1 Å². The molecule has 0 amide bonds. The van der Waals surface area contributed by atoms with Crippen LogP contribution in [0.15, 0.2) is 41.8 Å². The van der Waals surface area contributed by atoms with Crippen LogP contribution in [0, 0.1) is 5.82 Å². The Kier molecular flexibility index (Phi) is 5.24. The number of amidine groups is 1. The molecule has 31 heavy (non-hydrogen) atoms. The first kappa shape index (κ1) is 21.3. The smallest absolute Gasteiger partial charge is 0.379 e. The fourth-order valence-corrected chi connectivity index (χ4v) is 4.41. The molecule has 4 rings (SSSR count). The number of carbonyl (C=O) groups excluding carboxylic acids is 1. The second-order valence-corrected chi connectivity index (χ2v) is 8.51. The van der Waals surface area contributed by atoms with E-state index in [1.54, 1.807) is 13.0 Å². The predicted octanol–water partition coefficient (Wildman–Crippen LogP) is 3.98. The van der Waals surface area contributed by atoms with E-state index < -0.39 is 29.0 Å². The minimum absolute atomic E-state index is 0.0213. The highest BCUT2D eigenvalue weighted by Crippen LogP contribution is 2.37. The average molecular weight is 451 g/mol. The molecule has 0 saturated carbocycles. The maximum Gasteiger partial charge on any atom is 0.434 e. The molecule has 6 nitrogen and oxygen atoms in total. The Morgan fingerprint density at radius 2 is 2.10 bits per heavy atom. The van der Waals surface area contributed by atoms with Crippen molar-refractivity contribution >= 4 is 28.4 Å². The van der Waals surface area contributed by atoms with Gasteiger partial charge in [0.2, 0.25) is 0 Å². The Hall–Kier alpha value is -2.95. The minimum atomic E-state index is -4.60. The van der Waals surface area contributed by atoms with Gasteiger partial charge in [0.05, 0.1) is 11.7 Å². The zero-order valence-electron chi connectivity index (χ0n) is 16.3. The molecular formula is C20H17F4N5OS. The number of alkyl halides is 3. The Morgan fingerprint density at radius 1 is 1.32 bits per heavy atom. The summed E-state index contributed by atoms with van der Waals surface area (Å²) in [4.78, 5) is 24.5. The Bertz CT molecular complexity index is 1210. The van der Waals surface area contributed by atoms with Crippen molar-refractivity contribution in [2.24, 2.45) is 10.7 Å². The number of aromatic nitrogens is 3. The van der Waals surface area contributed by atoms with E-state index in [1.807, 2.05) is 0 Å². The van der Waals surface area contributed by atoms with Gasteiger partial charge in [-0.2, -0.15) is 13.2 Å². The second kappa shape index (κ2) is 7.63. The molecule has 0 fully saturated rings. The molecule has 1 atom stereocenters. The molecule has 1 aliphatic rings. The number of carbonyl (C=O) groups is 1. The Labute approximate surface area is 178 Å². The van der Waals surface area contributed by atoms with Crippen LogP contribution in [0.25, 0.3) is 5.65 Å². The van der Waals surface area contributed by atoms with Crippen LogP contribution < -0.4 is 5.73 Å². The average Bonchev–Trinajstić information content (AvgIpc) is 3.13. The van der Waals surface area contributed by atoms with Crippen LogP contribution in [0.1, 0.15) is 40.7 Å². The van der Waals surface area contributed by atoms with Crippen LogP contribution in [0.5, 0.6) is 0 Å². The third-order valence-corrected chi connectivity index (χ3v) is 5.88. The number of imidazole rings is 1. The topological polar surface area (TPSA) is 85.6 Å². The number of rotatable bonds is 4. The number of halogens is 4. The fraction of sp³-hybridized carbons (Fsp3) is 0.300. The molecule has 3 aromatic rings. The number of Topliss-reactive ketones (excluding diaryl/α,β-unsaturated/α-hetero) is 1. The van der Waals surface area contributed by atoms with Gasteiger partial charge >= 0.3 is 6.18 Å². The first-order chi connectivity index (χ1) is 14.5. The van der Waals surface area contributed by atoms with Gasteiger partial charge in [-0.1, -0.05) is 17.8 Å². The third-order valence-electron chi connectivity index (χ3n) is 5.09. The lowest BCUT2D eigenvalue weighted by molar-refractivity contribution is -0.140. The van der Waals surface area contributed by atoms with Crippen molar-refractivity contribution in [3.05, 3.63) is 65.1 Å². The van der Waals surface area contributed by atoms with Gasteiger partial charge < -0.3 is 10.1 Å². The quantitative estimate of drug-likeness (QED) is 0.479. The molecule has 0 spiro atoms. The summed E-state index contributed by atoms with van der Waals surface area (Å²) >= 11 is 1.40. The number of nitrogens with zero attached hydrogens (tertiary/aromatic N) is 4. The molecule has 0 bridgehead atoms. The summed E-state index contributed by atoms with van der Waals surface area (Å²) in [7, 11) is 0. The summed E-state index contributed by atoms with van der Waals surface area (Å²) in [6.45, 7) is 1.79. The number of aliphatic imine (C=N–C) groups is 1. The van der Waals surface area contributed by atoms with E-state index >= 15 is 0 Å². The first-order valence-corrected chi connectivity index (χ1v) is 10.3. The number of hydrogen-bond acceptors (Lipinski definition) is 6. The van der Waals surface area contributed by atoms with Crippen molar-refractivity contribution in [2.45, 2.75) is 31.5 Å². The zero-order chi connectivity index (χ0) is 22.4. The van der Waals surface area contributed by atoms with Crippen molar-refractivity contribution in [1.29, 1.82) is 0 Å². The molecule has 3 heterocycles. The number of thioether (sulfide) groups is 1. The molecule has 2 N–H and O–H groups in total. The zero-order valence-corrected chi connectivity index (χ0v) is 17.1. The number of benzene rings is 1. The standard InChI is InChI=1S/C20H17F4N5OS/c1-19(4-5-31-18(25)28-19)12-6-11(2-3-13(12)21)7-15(30)14-9-29-10-16(20(22,23)24)27-17(29)8-26-14/h2-3,6,8-10H,4-5,7H2,1H3,(H2,25,28)/t19-/m0/s1. The number of ketones is 1. The van der Waals surface area contributed by atoms with Gasteiger partial charge in [0.1, 0.15) is 11.5 Å². The lowest BCUT2D eigenvalue weighted by Crippen LogP contribution is -2.29. The number of fused-ring (bicyclic) bond motifs is 1. The van der Waals surface area contributed by atoms with E-state index in [-0.39, 0.29) is 17.8 Å². The van der Waals surface area contributed by atoms with Gasteiger partial charge in [0.25, 0.3) is 0 Å². The van der Waals surface area contributed by atoms with Crippen molar-refractivity contribution in [1.82, 2.24) is 14.4 Å². The van der Waals surface area contributed by atoms with E-state index in [0.717, 1.165) is 16.8 Å². The highest BCUT2D eigenvalue weighted by molar-refractivity contribution is 8.13. The van der Waals surface area contributed by atoms with Crippen LogP contribution in [0.3, 0.4) is 0 Å². The van der Waals surface area contributed by atoms with E-state index in [1.165, 1.54) is 30.1 Å². The van der Waals surface area contributed by atoms with Gasteiger partial charge in [-0.25, -0.2) is 14.4 Å². The van der Waals surface area contributed by atoms with Gasteiger partial charge in [0.15, 0.2) is 22.3 Å². The molecule has 2 aromatic heterocycles. The van der Waals surface area contributed by atoms with E-state index in [9.17, 15) is 22.4 Å². The normalized spacial score (nSPS) is 19.5. The molecule has 0 unspecified atom stereocenters. The van der Waals surface area contributed by atoms with Gasteiger partial charge in [-0.15, -0.1) is 0 Å². The van der Waals surface area contributed by atoms with Crippen molar-refractivity contribution in [2.75, 3.05) is 5.75 Å². The molecule has 0 saturated heterocycles. The second-order valence-electron chi connectivity index (χ2n) is 7.40. The molecule has 1 aromatic carbocycles. The Balaban J connectivity index is 1.61. The lowest BCUT2D eigenvalue weighted by atomic mass is 9.87. The molecule has 162 valence electrons. The summed E-state index contributed by atoms with van der Waals surface area (Å²) in [6.07, 6.45) is -0.996. The molecule has 0 aliphatic carbocycles. The monoisotopic (exact) mass is 451 g/mol.